The van der Waals surface area contributed by atoms with E-state index in [1.807, 2.05) is 6.08 Å². The van der Waals surface area contributed by atoms with Gasteiger partial charge >= 0.3 is 0 Å². The summed E-state index contributed by atoms with van der Waals surface area (Å²) in [6, 6.07) is 42.5. The van der Waals surface area contributed by atoms with Crippen LogP contribution in [-0.4, -0.2) is 19.9 Å². The number of H-pyrrole nitrogens is 2. The van der Waals surface area contributed by atoms with Crippen molar-refractivity contribution in [3.8, 4) is 44.5 Å². The van der Waals surface area contributed by atoms with Crippen LogP contribution >= 0.6 is 0 Å². The lowest BCUT2D eigenvalue weighted by Crippen LogP contribution is -1.92. The standard InChI is InChI=1S/C48H37N7/c1-28-5-13-32(14-6-28)44-36-21-22-37(50-36)45(33-15-7-29(2)8-16-33)39-25-26-41(52-39)47(35-19-11-31(4)12-20-35)48-43(54-55-49)27-42(53-48)46(40-24-23-38(44)51-40)34-17-9-30(3)10-18-34/h5-27,50,52H,1-4H3. The highest BCUT2D eigenvalue weighted by Crippen LogP contribution is 2.41. The third-order valence-electron chi connectivity index (χ3n) is 10.4. The lowest BCUT2D eigenvalue weighted by Gasteiger charge is -2.08. The maximum atomic E-state index is 9.90. The number of hydrogen-bond donors (Lipinski definition) is 2. The summed E-state index contributed by atoms with van der Waals surface area (Å²) >= 11 is 0. The first-order valence-electron chi connectivity index (χ1n) is 18.4. The Labute approximate surface area is 319 Å². The van der Waals surface area contributed by atoms with Crippen LogP contribution in [0.1, 0.15) is 45.0 Å². The van der Waals surface area contributed by atoms with E-state index in [0.29, 0.717) is 17.1 Å². The van der Waals surface area contributed by atoms with Gasteiger partial charge in [0.25, 0.3) is 0 Å². The molecule has 0 amide bonds. The van der Waals surface area contributed by atoms with Crippen LogP contribution in [0.25, 0.3) is 101 Å². The topological polar surface area (TPSA) is 106 Å². The molecule has 9 rings (SSSR count). The Kier molecular flexibility index (Phi) is 8.34. The molecular formula is C48H37N7. The second kappa shape index (κ2) is 13.6. The number of aromatic amines is 2. The van der Waals surface area contributed by atoms with Gasteiger partial charge < -0.3 is 9.97 Å². The molecule has 0 radical (unpaired) electrons. The normalized spacial score (nSPS) is 12.0. The van der Waals surface area contributed by atoms with Crippen molar-refractivity contribution in [1.29, 1.82) is 0 Å². The predicted molar refractivity (Wildman–Crippen MR) is 228 cm³/mol. The summed E-state index contributed by atoms with van der Waals surface area (Å²) in [5.41, 5.74) is 29.3. The van der Waals surface area contributed by atoms with E-state index in [9.17, 15) is 5.53 Å². The van der Waals surface area contributed by atoms with Gasteiger partial charge in [0.2, 0.25) is 0 Å². The van der Waals surface area contributed by atoms with E-state index >= 15 is 0 Å². The van der Waals surface area contributed by atoms with Crippen LogP contribution in [0.15, 0.2) is 126 Å². The van der Waals surface area contributed by atoms with Crippen molar-refractivity contribution in [2.75, 3.05) is 0 Å². The zero-order valence-corrected chi connectivity index (χ0v) is 31.0. The molecule has 0 spiro atoms. The zero-order valence-electron chi connectivity index (χ0n) is 31.0. The molecule has 0 atom stereocenters. The molecule has 0 saturated heterocycles. The van der Waals surface area contributed by atoms with Crippen molar-refractivity contribution in [3.05, 3.63) is 177 Å². The Bertz CT molecular complexity index is 2920. The minimum absolute atomic E-state index is 0.438. The Morgan fingerprint density at radius 1 is 0.436 bits per heavy atom. The molecule has 7 heteroatoms. The summed E-state index contributed by atoms with van der Waals surface area (Å²) in [7, 11) is 0. The fraction of sp³-hybridized carbons (Fsp3) is 0.0833. The van der Waals surface area contributed by atoms with E-state index in [4.69, 9.17) is 9.97 Å². The molecule has 2 aliphatic rings. The van der Waals surface area contributed by atoms with Crippen LogP contribution in [0, 0.1) is 27.7 Å². The van der Waals surface area contributed by atoms with Gasteiger partial charge in [0.15, 0.2) is 0 Å². The Balaban J connectivity index is 1.51. The van der Waals surface area contributed by atoms with Crippen molar-refractivity contribution in [2.24, 2.45) is 5.11 Å². The number of hydrogen-bond acceptors (Lipinski definition) is 3. The van der Waals surface area contributed by atoms with Gasteiger partial charge in [-0.2, -0.15) is 0 Å². The number of nitrogens with one attached hydrogen (secondary N) is 2. The first-order valence-corrected chi connectivity index (χ1v) is 18.4. The maximum absolute atomic E-state index is 9.90. The molecule has 0 fully saturated rings. The number of aromatic nitrogens is 4. The van der Waals surface area contributed by atoms with E-state index in [2.05, 4.69) is 181 Å². The summed E-state index contributed by atoms with van der Waals surface area (Å²) in [5, 5.41) is 4.25. The molecule has 4 aromatic carbocycles. The van der Waals surface area contributed by atoms with Crippen molar-refractivity contribution in [2.45, 2.75) is 27.7 Å². The molecule has 3 aromatic heterocycles. The van der Waals surface area contributed by atoms with Crippen molar-refractivity contribution >= 4 is 46.0 Å². The molecule has 2 N–H and O–H groups in total. The van der Waals surface area contributed by atoms with E-state index in [1.54, 1.807) is 0 Å². The third kappa shape index (κ3) is 6.23. The van der Waals surface area contributed by atoms with Crippen LogP contribution in [0.2, 0.25) is 0 Å². The number of azide groups is 1. The summed E-state index contributed by atoms with van der Waals surface area (Å²) in [6.45, 7) is 8.35. The molecule has 2 aliphatic heterocycles. The van der Waals surface area contributed by atoms with Crippen LogP contribution in [0.4, 0.5) is 0 Å². The molecular weight excluding hydrogens is 675 g/mol. The Morgan fingerprint density at radius 2 is 0.818 bits per heavy atom. The summed E-state index contributed by atoms with van der Waals surface area (Å²) < 4.78 is 0. The summed E-state index contributed by atoms with van der Waals surface area (Å²) in [4.78, 5) is 21.6. The second-order valence-electron chi connectivity index (χ2n) is 14.3. The van der Waals surface area contributed by atoms with E-state index < -0.39 is 0 Å². The van der Waals surface area contributed by atoms with Crippen LogP contribution in [0.3, 0.4) is 0 Å². The third-order valence-corrected chi connectivity index (χ3v) is 10.4. The largest absolute Gasteiger partial charge is 0.354 e. The molecule has 5 heterocycles. The molecule has 264 valence electrons. The predicted octanol–water partition coefficient (Wildman–Crippen LogP) is 13.2. The summed E-state index contributed by atoms with van der Waals surface area (Å²) in [6.07, 6.45) is 6.04. The smallest absolute Gasteiger partial charge is 0.0832 e. The molecule has 0 aliphatic carbocycles. The monoisotopic (exact) mass is 711 g/mol. The highest BCUT2D eigenvalue weighted by molar-refractivity contribution is 6.02. The van der Waals surface area contributed by atoms with Gasteiger partial charge in [-0.3, -0.25) is 0 Å². The number of fused-ring (bicyclic) bond motifs is 8. The minimum atomic E-state index is 0.438. The average Bonchev–Trinajstić information content (AvgIpc) is 4.02. The van der Waals surface area contributed by atoms with Gasteiger partial charge in [-0.15, -0.1) is 0 Å². The lowest BCUT2D eigenvalue weighted by molar-refractivity contribution is 1.26. The van der Waals surface area contributed by atoms with Crippen molar-refractivity contribution in [3.63, 3.8) is 0 Å². The van der Waals surface area contributed by atoms with Crippen LogP contribution < -0.4 is 0 Å². The second-order valence-corrected chi connectivity index (χ2v) is 14.3. The Morgan fingerprint density at radius 3 is 1.29 bits per heavy atom. The minimum Gasteiger partial charge on any atom is -0.354 e. The maximum Gasteiger partial charge on any atom is 0.0832 e. The fourth-order valence-corrected chi connectivity index (χ4v) is 7.48. The van der Waals surface area contributed by atoms with Gasteiger partial charge in [-0.05, 0) is 98.0 Å². The molecule has 55 heavy (non-hydrogen) atoms. The first kappa shape index (κ1) is 33.6. The number of benzene rings is 4. The molecule has 8 bridgehead atoms. The van der Waals surface area contributed by atoms with E-state index in [0.717, 1.165) is 89.1 Å². The molecule has 7 nitrogen and oxygen atoms in total. The fourth-order valence-electron chi connectivity index (χ4n) is 7.48. The average molecular weight is 712 g/mol. The number of rotatable bonds is 5. The van der Waals surface area contributed by atoms with E-state index in [-0.39, 0.29) is 0 Å². The van der Waals surface area contributed by atoms with Gasteiger partial charge in [0.1, 0.15) is 0 Å². The molecule has 7 aromatic rings. The van der Waals surface area contributed by atoms with Gasteiger partial charge in [-0.1, -0.05) is 124 Å². The lowest BCUT2D eigenvalue weighted by atomic mass is 10.0. The van der Waals surface area contributed by atoms with Gasteiger partial charge in [0, 0.05) is 49.2 Å². The van der Waals surface area contributed by atoms with Crippen LogP contribution in [-0.2, 0) is 0 Å². The quantitative estimate of drug-likeness (QED) is 0.105. The van der Waals surface area contributed by atoms with Crippen molar-refractivity contribution in [1.82, 2.24) is 19.9 Å². The number of aryl methyl sites for hydroxylation is 4. The van der Waals surface area contributed by atoms with Crippen molar-refractivity contribution < 1.29 is 0 Å². The van der Waals surface area contributed by atoms with Crippen LogP contribution in [0.5, 0.6) is 0 Å². The molecule has 0 saturated carbocycles. The van der Waals surface area contributed by atoms with E-state index in [1.165, 1.54) is 11.1 Å². The van der Waals surface area contributed by atoms with Gasteiger partial charge in [-0.25, -0.2) is 9.97 Å². The first-order chi connectivity index (χ1) is 26.8. The summed E-state index contributed by atoms with van der Waals surface area (Å²) in [5.74, 6) is 0. The Hall–Kier alpha value is -7.21. The molecule has 0 unspecified atom stereocenters. The SMILES string of the molecule is Cc1ccc(-c2c3nc(c(-c4ccc(C)cc4)c4ccc([nH]4)c(-c4ccc(C)cc4)c4ccc([nH]4)c(-c4ccc(C)cc4)c4nc2C=C4N=[N+]=[N-])C=C3)cc1. The number of nitrogens with zero attached hydrogens (tertiary/aromatic N) is 5. The van der Waals surface area contributed by atoms with Gasteiger partial charge in [0.05, 0.1) is 28.5 Å². The highest BCUT2D eigenvalue weighted by atomic mass is 15.1. The zero-order chi connectivity index (χ0) is 37.6. The highest BCUT2D eigenvalue weighted by Gasteiger charge is 2.23.